The lowest BCUT2D eigenvalue weighted by atomic mass is 10.5. The maximum atomic E-state index is 8.43. The lowest BCUT2D eigenvalue weighted by molar-refractivity contribution is 0.300. The zero-order chi connectivity index (χ0) is 5.70. The topological polar surface area (TPSA) is 20.2 Å². The van der Waals surface area contributed by atoms with E-state index in [1.165, 1.54) is 0 Å². The molecule has 0 unspecified atom stereocenters. The van der Waals surface area contributed by atoms with Gasteiger partial charge in [-0.1, -0.05) is 28.5 Å². The van der Waals surface area contributed by atoms with Crippen LogP contribution >= 0.6 is 21.6 Å². The SMILES string of the molecule is CSS[C@H](C)CO. The highest BCUT2D eigenvalue weighted by Gasteiger charge is 1.95. The predicted molar refractivity (Wildman–Crippen MR) is 37.7 cm³/mol. The van der Waals surface area contributed by atoms with Crippen molar-refractivity contribution in [3.05, 3.63) is 0 Å². The standard InChI is InChI=1S/C4H10OS2/c1-4(3-5)7-6-2/h4-5H,3H2,1-2H3/t4-/m1/s1. The van der Waals surface area contributed by atoms with Gasteiger partial charge in [0.05, 0.1) is 6.61 Å². The van der Waals surface area contributed by atoms with E-state index >= 15 is 0 Å². The summed E-state index contributed by atoms with van der Waals surface area (Å²) in [6.07, 6.45) is 2.01. The zero-order valence-electron chi connectivity index (χ0n) is 4.55. The van der Waals surface area contributed by atoms with E-state index in [1.54, 1.807) is 21.6 Å². The third kappa shape index (κ3) is 4.51. The molecule has 0 bridgehead atoms. The fourth-order valence-corrected chi connectivity index (χ4v) is 1.75. The summed E-state index contributed by atoms with van der Waals surface area (Å²) in [5.41, 5.74) is 0. The van der Waals surface area contributed by atoms with E-state index in [-0.39, 0.29) is 6.61 Å². The quantitative estimate of drug-likeness (QED) is 0.595. The predicted octanol–water partition coefficient (Wildman–Crippen LogP) is 1.38. The van der Waals surface area contributed by atoms with Crippen molar-refractivity contribution in [2.75, 3.05) is 12.9 Å². The summed E-state index contributed by atoms with van der Waals surface area (Å²) in [5.74, 6) is 0. The van der Waals surface area contributed by atoms with Crippen LogP contribution in [0.5, 0.6) is 0 Å². The first-order valence-electron chi connectivity index (χ1n) is 2.11. The Morgan fingerprint density at radius 1 is 1.71 bits per heavy atom. The summed E-state index contributed by atoms with van der Waals surface area (Å²) in [6.45, 7) is 2.28. The Morgan fingerprint density at radius 2 is 2.29 bits per heavy atom. The van der Waals surface area contributed by atoms with Crippen molar-refractivity contribution in [1.82, 2.24) is 0 Å². The molecule has 0 spiro atoms. The van der Waals surface area contributed by atoms with Gasteiger partial charge in [0.2, 0.25) is 0 Å². The van der Waals surface area contributed by atoms with Gasteiger partial charge in [0, 0.05) is 5.25 Å². The van der Waals surface area contributed by atoms with Gasteiger partial charge >= 0.3 is 0 Å². The van der Waals surface area contributed by atoms with Crippen LogP contribution in [0.15, 0.2) is 0 Å². The first-order valence-corrected chi connectivity index (χ1v) is 4.73. The Labute approximate surface area is 52.3 Å². The van der Waals surface area contributed by atoms with Crippen LogP contribution < -0.4 is 0 Å². The van der Waals surface area contributed by atoms with Crippen LogP contribution in [0.2, 0.25) is 0 Å². The van der Waals surface area contributed by atoms with E-state index in [0.29, 0.717) is 5.25 Å². The summed E-state index contributed by atoms with van der Waals surface area (Å²) in [7, 11) is 3.39. The Bertz CT molecular complexity index is 40.7. The van der Waals surface area contributed by atoms with Gasteiger partial charge in [0.1, 0.15) is 0 Å². The van der Waals surface area contributed by atoms with E-state index in [9.17, 15) is 0 Å². The second-order valence-corrected chi connectivity index (χ2v) is 4.16. The van der Waals surface area contributed by atoms with Crippen molar-refractivity contribution >= 4 is 21.6 Å². The monoisotopic (exact) mass is 138 g/mol. The summed E-state index contributed by atoms with van der Waals surface area (Å²) in [6, 6.07) is 0. The molecule has 0 amide bonds. The van der Waals surface area contributed by atoms with Gasteiger partial charge in [0.15, 0.2) is 0 Å². The van der Waals surface area contributed by atoms with Gasteiger partial charge in [-0.05, 0) is 6.26 Å². The Balaban J connectivity index is 2.83. The summed E-state index contributed by atoms with van der Waals surface area (Å²) < 4.78 is 0. The lowest BCUT2D eigenvalue weighted by Gasteiger charge is -2.00. The second kappa shape index (κ2) is 4.81. The molecule has 0 aliphatic heterocycles. The molecule has 0 fully saturated rings. The molecule has 0 aromatic heterocycles. The van der Waals surface area contributed by atoms with Crippen LogP contribution in [0, 0.1) is 0 Å². The highest BCUT2D eigenvalue weighted by molar-refractivity contribution is 8.76. The van der Waals surface area contributed by atoms with Crippen LogP contribution in [0.1, 0.15) is 6.92 Å². The van der Waals surface area contributed by atoms with Crippen molar-refractivity contribution in [3.8, 4) is 0 Å². The van der Waals surface area contributed by atoms with Crippen LogP contribution in [0.25, 0.3) is 0 Å². The fraction of sp³-hybridized carbons (Fsp3) is 1.00. The fourth-order valence-electron chi connectivity index (χ4n) is 0.195. The van der Waals surface area contributed by atoms with Crippen molar-refractivity contribution in [2.24, 2.45) is 0 Å². The first kappa shape index (κ1) is 7.66. The summed E-state index contributed by atoms with van der Waals surface area (Å²) in [4.78, 5) is 0. The smallest absolute Gasteiger partial charge is 0.0555 e. The molecule has 44 valence electrons. The molecule has 0 rings (SSSR count). The lowest BCUT2D eigenvalue weighted by Crippen LogP contribution is -1.98. The number of hydrogen-bond donors (Lipinski definition) is 1. The zero-order valence-corrected chi connectivity index (χ0v) is 6.18. The van der Waals surface area contributed by atoms with Gasteiger partial charge in [-0.3, -0.25) is 0 Å². The normalized spacial score (nSPS) is 14.1. The molecule has 0 heterocycles. The molecule has 0 saturated carbocycles. The van der Waals surface area contributed by atoms with Gasteiger partial charge in [0.25, 0.3) is 0 Å². The average Bonchev–Trinajstić information content (AvgIpc) is 1.68. The molecule has 1 nitrogen and oxygen atoms in total. The molecule has 0 aliphatic rings. The van der Waals surface area contributed by atoms with Crippen LogP contribution in [-0.4, -0.2) is 23.2 Å². The Kier molecular flexibility index (Phi) is 5.26. The van der Waals surface area contributed by atoms with Crippen LogP contribution in [0.4, 0.5) is 0 Å². The maximum absolute atomic E-state index is 8.43. The third-order valence-corrected chi connectivity index (χ3v) is 2.75. The molecule has 3 heteroatoms. The van der Waals surface area contributed by atoms with E-state index in [0.717, 1.165) is 0 Å². The van der Waals surface area contributed by atoms with E-state index < -0.39 is 0 Å². The molecular weight excluding hydrogens is 128 g/mol. The molecule has 0 aromatic carbocycles. The number of aliphatic hydroxyl groups excluding tert-OH is 1. The average molecular weight is 138 g/mol. The third-order valence-electron chi connectivity index (χ3n) is 0.518. The van der Waals surface area contributed by atoms with E-state index in [2.05, 4.69) is 0 Å². The van der Waals surface area contributed by atoms with E-state index in [4.69, 9.17) is 5.11 Å². The summed E-state index contributed by atoms with van der Waals surface area (Å²) in [5, 5.41) is 8.82. The minimum Gasteiger partial charge on any atom is -0.395 e. The molecule has 0 aromatic rings. The van der Waals surface area contributed by atoms with E-state index in [1.807, 2.05) is 13.2 Å². The van der Waals surface area contributed by atoms with Crippen LogP contribution in [0.3, 0.4) is 0 Å². The van der Waals surface area contributed by atoms with Crippen LogP contribution in [-0.2, 0) is 0 Å². The van der Waals surface area contributed by atoms with Crippen molar-refractivity contribution in [1.29, 1.82) is 0 Å². The molecule has 0 radical (unpaired) electrons. The number of rotatable bonds is 3. The number of aliphatic hydroxyl groups is 1. The Hall–Kier alpha value is 0.660. The van der Waals surface area contributed by atoms with Crippen molar-refractivity contribution in [2.45, 2.75) is 12.2 Å². The van der Waals surface area contributed by atoms with Gasteiger partial charge in [-0.25, -0.2) is 0 Å². The Morgan fingerprint density at radius 3 is 2.43 bits per heavy atom. The maximum Gasteiger partial charge on any atom is 0.0555 e. The largest absolute Gasteiger partial charge is 0.395 e. The molecular formula is C4H10OS2. The van der Waals surface area contributed by atoms with Crippen molar-refractivity contribution < 1.29 is 5.11 Å². The second-order valence-electron chi connectivity index (χ2n) is 1.26. The van der Waals surface area contributed by atoms with Crippen molar-refractivity contribution in [3.63, 3.8) is 0 Å². The number of hydrogen-bond acceptors (Lipinski definition) is 3. The molecule has 1 atom stereocenters. The minimum absolute atomic E-state index is 0.283. The first-order chi connectivity index (χ1) is 3.31. The van der Waals surface area contributed by atoms with Gasteiger partial charge < -0.3 is 5.11 Å². The minimum atomic E-state index is 0.283. The highest BCUT2D eigenvalue weighted by atomic mass is 33.1. The molecule has 1 N–H and O–H groups in total. The molecule has 0 aliphatic carbocycles. The highest BCUT2D eigenvalue weighted by Crippen LogP contribution is 2.22. The summed E-state index contributed by atoms with van der Waals surface area (Å²) >= 11 is 0. The van der Waals surface area contributed by atoms with Gasteiger partial charge in [-0.15, -0.1) is 0 Å². The molecule has 0 saturated heterocycles. The van der Waals surface area contributed by atoms with Gasteiger partial charge in [-0.2, -0.15) is 0 Å². The molecule has 7 heavy (non-hydrogen) atoms.